The minimum absolute atomic E-state index is 0.00144. The standard InChI is InChI=1S/C43H58O4/c1-4-5-6-7-33-10-17-37(18-11-33)38-19-12-34(13-20-38)8-9-36-16-23-42-28-41(25-24-40(42)27-36)39-21-14-35(15-22-39)26-31(2)30-46-47-43(45)32(3)29-44/h12-13,16,19-20,23-25,27-28,31,33,35,37,39,44H,3-11,14-15,17-18,21-22,26,29-30H2,1-2H3. The van der Waals surface area contributed by atoms with Gasteiger partial charge in [-0.3, -0.25) is 4.89 Å². The zero-order valence-electron chi connectivity index (χ0n) is 29.1. The average molecular weight is 639 g/mol. The second kappa shape index (κ2) is 18.0. The Hall–Kier alpha value is -2.95. The van der Waals surface area contributed by atoms with Gasteiger partial charge in [0.2, 0.25) is 0 Å². The van der Waals surface area contributed by atoms with Gasteiger partial charge in [-0.1, -0.05) is 107 Å². The fraction of sp³-hybridized carbons (Fsp3) is 0.558. The Morgan fingerprint density at radius 3 is 2.09 bits per heavy atom. The maximum absolute atomic E-state index is 11.6. The Bertz CT molecular complexity index is 1410. The van der Waals surface area contributed by atoms with Gasteiger partial charge in [-0.15, -0.1) is 0 Å². The highest BCUT2D eigenvalue weighted by Crippen LogP contribution is 2.40. The van der Waals surface area contributed by atoms with Gasteiger partial charge in [0.05, 0.1) is 18.8 Å². The molecule has 0 heterocycles. The lowest BCUT2D eigenvalue weighted by Gasteiger charge is -2.30. The first kappa shape index (κ1) is 35.4. The number of aryl methyl sites for hydroxylation is 2. The van der Waals surface area contributed by atoms with Crippen molar-refractivity contribution < 1.29 is 19.7 Å². The molecule has 47 heavy (non-hydrogen) atoms. The molecule has 2 saturated carbocycles. The van der Waals surface area contributed by atoms with E-state index in [2.05, 4.69) is 81.1 Å². The van der Waals surface area contributed by atoms with E-state index in [4.69, 9.17) is 14.9 Å². The third kappa shape index (κ3) is 10.5. The van der Waals surface area contributed by atoms with Gasteiger partial charge in [0, 0.05) is 0 Å². The van der Waals surface area contributed by atoms with Gasteiger partial charge in [-0.05, 0) is 133 Å². The Labute approximate surface area is 283 Å². The van der Waals surface area contributed by atoms with Crippen LogP contribution in [0.15, 0.2) is 72.8 Å². The van der Waals surface area contributed by atoms with Crippen LogP contribution in [0.4, 0.5) is 0 Å². The van der Waals surface area contributed by atoms with E-state index < -0.39 is 12.6 Å². The molecule has 3 aromatic rings. The first-order valence-electron chi connectivity index (χ1n) is 18.7. The molecule has 2 aliphatic rings. The van der Waals surface area contributed by atoms with Crippen molar-refractivity contribution in [2.75, 3.05) is 13.2 Å². The van der Waals surface area contributed by atoms with Crippen molar-refractivity contribution in [2.45, 2.75) is 122 Å². The molecule has 5 rings (SSSR count). The van der Waals surface area contributed by atoms with E-state index in [0.29, 0.717) is 24.4 Å². The number of carbonyl (C=O) groups is 1. The Kier molecular flexibility index (Phi) is 13.5. The molecule has 0 saturated heterocycles. The van der Waals surface area contributed by atoms with Crippen LogP contribution in [0, 0.1) is 17.8 Å². The van der Waals surface area contributed by atoms with Crippen LogP contribution in [0.2, 0.25) is 0 Å². The number of fused-ring (bicyclic) bond motifs is 1. The SMILES string of the molecule is C=C(CO)C(=O)OOCC(C)CC1CCC(c2ccc3cc(CCc4ccc(C5CCC(CCCCC)CC5)cc4)ccc3c2)CC1. The summed E-state index contributed by atoms with van der Waals surface area (Å²) in [5.74, 6) is 2.63. The van der Waals surface area contributed by atoms with E-state index in [1.54, 1.807) is 5.56 Å². The van der Waals surface area contributed by atoms with Crippen LogP contribution in [-0.4, -0.2) is 24.3 Å². The number of aliphatic hydroxyl groups excluding tert-OH is 1. The molecule has 1 atom stereocenters. The molecule has 0 bridgehead atoms. The van der Waals surface area contributed by atoms with E-state index in [9.17, 15) is 4.79 Å². The highest BCUT2D eigenvalue weighted by Gasteiger charge is 2.25. The summed E-state index contributed by atoms with van der Waals surface area (Å²) in [7, 11) is 0. The van der Waals surface area contributed by atoms with E-state index >= 15 is 0 Å². The Balaban J connectivity index is 1.04. The van der Waals surface area contributed by atoms with Crippen LogP contribution in [-0.2, 0) is 27.4 Å². The Morgan fingerprint density at radius 1 is 0.787 bits per heavy atom. The van der Waals surface area contributed by atoms with Crippen LogP contribution >= 0.6 is 0 Å². The maximum Gasteiger partial charge on any atom is 0.370 e. The predicted octanol–water partition coefficient (Wildman–Crippen LogP) is 10.8. The maximum atomic E-state index is 11.6. The van der Waals surface area contributed by atoms with Crippen molar-refractivity contribution in [3.8, 4) is 0 Å². The fourth-order valence-electron chi connectivity index (χ4n) is 8.13. The highest BCUT2D eigenvalue weighted by atomic mass is 17.2. The van der Waals surface area contributed by atoms with Crippen LogP contribution in [0.1, 0.15) is 131 Å². The molecule has 2 fully saturated rings. The largest absolute Gasteiger partial charge is 0.391 e. The van der Waals surface area contributed by atoms with Crippen molar-refractivity contribution in [1.82, 2.24) is 0 Å². The van der Waals surface area contributed by atoms with Gasteiger partial charge in [0.1, 0.15) is 0 Å². The molecule has 1 unspecified atom stereocenters. The predicted molar refractivity (Wildman–Crippen MR) is 193 cm³/mol. The van der Waals surface area contributed by atoms with Crippen LogP contribution in [0.25, 0.3) is 10.8 Å². The van der Waals surface area contributed by atoms with E-state index in [0.717, 1.165) is 31.1 Å². The normalized spacial score (nSPS) is 22.2. The molecule has 1 N–H and O–H groups in total. The minimum Gasteiger partial charge on any atom is -0.391 e. The molecule has 2 aliphatic carbocycles. The molecule has 254 valence electrons. The highest BCUT2D eigenvalue weighted by molar-refractivity contribution is 5.87. The van der Waals surface area contributed by atoms with Crippen LogP contribution < -0.4 is 0 Å². The number of hydrogen-bond acceptors (Lipinski definition) is 4. The number of carbonyl (C=O) groups excluding carboxylic acids is 1. The second-order valence-electron chi connectivity index (χ2n) is 14.9. The zero-order valence-corrected chi connectivity index (χ0v) is 29.1. The van der Waals surface area contributed by atoms with Gasteiger partial charge in [0.15, 0.2) is 0 Å². The van der Waals surface area contributed by atoms with Gasteiger partial charge in [0.25, 0.3) is 0 Å². The monoisotopic (exact) mass is 638 g/mol. The molecular weight excluding hydrogens is 580 g/mol. The number of benzene rings is 3. The second-order valence-corrected chi connectivity index (χ2v) is 14.9. The van der Waals surface area contributed by atoms with E-state index in [-0.39, 0.29) is 5.57 Å². The number of aliphatic hydroxyl groups is 1. The molecule has 0 spiro atoms. The summed E-state index contributed by atoms with van der Waals surface area (Å²) in [6, 6.07) is 23.8. The molecule has 4 nitrogen and oxygen atoms in total. The minimum atomic E-state index is -0.701. The zero-order chi connectivity index (χ0) is 33.0. The lowest BCUT2D eigenvalue weighted by atomic mass is 9.76. The number of hydrogen-bond donors (Lipinski definition) is 1. The van der Waals surface area contributed by atoms with E-state index in [1.165, 1.54) is 105 Å². The van der Waals surface area contributed by atoms with Crippen molar-refractivity contribution in [1.29, 1.82) is 0 Å². The topological polar surface area (TPSA) is 55.8 Å². The first-order chi connectivity index (χ1) is 22.9. The third-order valence-electron chi connectivity index (χ3n) is 11.2. The Morgan fingerprint density at radius 2 is 1.38 bits per heavy atom. The summed E-state index contributed by atoms with van der Waals surface area (Å²) in [6.07, 6.45) is 19.3. The molecular formula is C43H58O4. The van der Waals surface area contributed by atoms with Crippen LogP contribution in [0.3, 0.4) is 0 Å². The van der Waals surface area contributed by atoms with Crippen molar-refractivity contribution in [3.05, 3.63) is 95.1 Å². The molecule has 0 radical (unpaired) electrons. The lowest BCUT2D eigenvalue weighted by molar-refractivity contribution is -0.274. The summed E-state index contributed by atoms with van der Waals surface area (Å²) < 4.78 is 0. The summed E-state index contributed by atoms with van der Waals surface area (Å²) in [5.41, 5.74) is 5.90. The molecule has 3 aromatic carbocycles. The quantitative estimate of drug-likeness (QED) is 0.0734. The third-order valence-corrected chi connectivity index (χ3v) is 11.2. The van der Waals surface area contributed by atoms with Gasteiger partial charge < -0.3 is 5.11 Å². The number of rotatable bonds is 16. The van der Waals surface area contributed by atoms with Crippen LogP contribution in [0.5, 0.6) is 0 Å². The molecule has 0 aromatic heterocycles. The van der Waals surface area contributed by atoms with Gasteiger partial charge in [-0.2, -0.15) is 4.89 Å². The molecule has 4 heteroatoms. The smallest absolute Gasteiger partial charge is 0.370 e. The van der Waals surface area contributed by atoms with Gasteiger partial charge in [-0.25, -0.2) is 4.79 Å². The first-order valence-corrected chi connectivity index (χ1v) is 18.7. The summed E-state index contributed by atoms with van der Waals surface area (Å²) in [4.78, 5) is 21.4. The van der Waals surface area contributed by atoms with Crippen molar-refractivity contribution in [3.63, 3.8) is 0 Å². The molecule has 0 aliphatic heterocycles. The lowest BCUT2D eigenvalue weighted by Crippen LogP contribution is -2.19. The van der Waals surface area contributed by atoms with Crippen molar-refractivity contribution in [2.24, 2.45) is 17.8 Å². The van der Waals surface area contributed by atoms with E-state index in [1.807, 2.05) is 0 Å². The summed E-state index contributed by atoms with van der Waals surface area (Å²) >= 11 is 0. The summed E-state index contributed by atoms with van der Waals surface area (Å²) in [6.45, 7) is 7.83. The van der Waals surface area contributed by atoms with Gasteiger partial charge >= 0.3 is 5.97 Å². The summed E-state index contributed by atoms with van der Waals surface area (Å²) in [5, 5.41) is 11.6. The molecule has 0 amide bonds. The number of unbranched alkanes of at least 4 members (excludes halogenated alkanes) is 2. The van der Waals surface area contributed by atoms with Crippen molar-refractivity contribution >= 4 is 16.7 Å². The fourth-order valence-corrected chi connectivity index (χ4v) is 8.13. The average Bonchev–Trinajstić information content (AvgIpc) is 3.11.